The van der Waals surface area contributed by atoms with Crippen LogP contribution >= 0.6 is 0 Å². The van der Waals surface area contributed by atoms with Gasteiger partial charge in [0.05, 0.1) is 5.25 Å². The molecule has 1 aromatic carbocycles. The summed E-state index contributed by atoms with van der Waals surface area (Å²) in [6.07, 6.45) is 1.39. The Labute approximate surface area is 113 Å². The van der Waals surface area contributed by atoms with Crippen molar-refractivity contribution in [1.29, 1.82) is 0 Å². The molecule has 0 radical (unpaired) electrons. The van der Waals surface area contributed by atoms with Gasteiger partial charge >= 0.3 is 0 Å². The molecule has 0 saturated carbocycles. The van der Waals surface area contributed by atoms with Crippen molar-refractivity contribution in [2.24, 2.45) is 0 Å². The Morgan fingerprint density at radius 3 is 2.53 bits per heavy atom. The van der Waals surface area contributed by atoms with Crippen molar-refractivity contribution in [2.75, 3.05) is 0 Å². The van der Waals surface area contributed by atoms with Crippen LogP contribution in [0.2, 0.25) is 0 Å². The average molecular weight is 281 g/mol. The lowest BCUT2D eigenvalue weighted by Gasteiger charge is -2.12. The molecule has 1 aromatic heterocycles. The van der Waals surface area contributed by atoms with Gasteiger partial charge in [-0.15, -0.1) is 5.10 Å². The van der Waals surface area contributed by atoms with E-state index in [1.165, 1.54) is 12.1 Å². The number of nitrogens with one attached hydrogen (secondary N) is 1. The molecule has 0 aliphatic carbocycles. The number of rotatable bonds is 5. The van der Waals surface area contributed by atoms with Gasteiger partial charge in [0.25, 0.3) is 0 Å². The average Bonchev–Trinajstić information content (AvgIpc) is 2.90. The number of benzene rings is 1. The van der Waals surface area contributed by atoms with Gasteiger partial charge < -0.3 is 0 Å². The first kappa shape index (κ1) is 13.9. The molecule has 102 valence electrons. The fourth-order valence-electron chi connectivity index (χ4n) is 1.84. The maximum atomic E-state index is 12.9. The molecular formula is C13H16FN3OS. The van der Waals surface area contributed by atoms with Crippen LogP contribution in [0.4, 0.5) is 4.39 Å². The number of halogens is 1. The van der Waals surface area contributed by atoms with Crippen LogP contribution < -0.4 is 0 Å². The van der Waals surface area contributed by atoms with Gasteiger partial charge in [-0.05, 0) is 24.1 Å². The van der Waals surface area contributed by atoms with Gasteiger partial charge in [0.15, 0.2) is 0 Å². The van der Waals surface area contributed by atoms with Crippen LogP contribution in [0, 0.1) is 5.82 Å². The smallest absolute Gasteiger partial charge is 0.239 e. The van der Waals surface area contributed by atoms with E-state index in [9.17, 15) is 8.60 Å². The highest BCUT2D eigenvalue weighted by Gasteiger charge is 2.22. The van der Waals surface area contributed by atoms with E-state index in [-0.39, 0.29) is 11.1 Å². The standard InChI is InChI=1S/C13H16FN3OS/c1-3-11(9-5-7-10(14)8-6-9)19(18)13-15-12(4-2)16-17-13/h5-8,11H,3-4H2,1-2H3,(H,15,16,17)/t11-,19+/m0/s1. The van der Waals surface area contributed by atoms with Crippen LogP contribution in [0.25, 0.3) is 0 Å². The van der Waals surface area contributed by atoms with Crippen LogP contribution in [0.15, 0.2) is 29.4 Å². The van der Waals surface area contributed by atoms with Gasteiger partial charge in [-0.25, -0.2) is 9.37 Å². The largest absolute Gasteiger partial charge is 0.262 e. The van der Waals surface area contributed by atoms with Crippen molar-refractivity contribution < 1.29 is 8.60 Å². The highest BCUT2D eigenvalue weighted by Crippen LogP contribution is 2.26. The molecule has 1 heterocycles. The third-order valence-corrected chi connectivity index (χ3v) is 4.56. The molecule has 2 aromatic rings. The second-order valence-electron chi connectivity index (χ2n) is 4.16. The van der Waals surface area contributed by atoms with Crippen molar-refractivity contribution in [3.63, 3.8) is 0 Å². The van der Waals surface area contributed by atoms with Crippen LogP contribution in [-0.2, 0) is 17.2 Å². The molecule has 2 rings (SSSR count). The second-order valence-corrected chi connectivity index (χ2v) is 5.69. The zero-order valence-electron chi connectivity index (χ0n) is 10.9. The molecule has 0 saturated heterocycles. The summed E-state index contributed by atoms with van der Waals surface area (Å²) in [6, 6.07) is 6.08. The van der Waals surface area contributed by atoms with Crippen molar-refractivity contribution in [3.8, 4) is 0 Å². The van der Waals surface area contributed by atoms with Crippen molar-refractivity contribution in [1.82, 2.24) is 15.2 Å². The Morgan fingerprint density at radius 1 is 1.32 bits per heavy atom. The summed E-state index contributed by atoms with van der Waals surface area (Å²) >= 11 is 0. The Kier molecular flexibility index (Phi) is 4.42. The predicted octanol–water partition coefficient (Wildman–Crippen LogP) is 2.77. The minimum atomic E-state index is -1.34. The fourth-order valence-corrected chi connectivity index (χ4v) is 3.14. The van der Waals surface area contributed by atoms with Crippen molar-refractivity contribution in [2.45, 2.75) is 37.1 Å². The van der Waals surface area contributed by atoms with Gasteiger partial charge in [-0.2, -0.15) is 0 Å². The van der Waals surface area contributed by atoms with E-state index in [1.807, 2.05) is 13.8 Å². The van der Waals surface area contributed by atoms with Gasteiger partial charge in [-0.1, -0.05) is 26.0 Å². The van der Waals surface area contributed by atoms with Gasteiger partial charge in [0.2, 0.25) is 5.16 Å². The molecule has 0 fully saturated rings. The summed E-state index contributed by atoms with van der Waals surface area (Å²) in [5, 5.41) is 6.84. The number of hydrogen-bond acceptors (Lipinski definition) is 3. The van der Waals surface area contributed by atoms with Gasteiger partial charge in [-0.3, -0.25) is 9.31 Å². The molecule has 0 aliphatic rings. The minimum Gasteiger partial charge on any atom is -0.262 e. The summed E-state index contributed by atoms with van der Waals surface area (Å²) in [5.41, 5.74) is 0.838. The second kappa shape index (κ2) is 6.06. The Hall–Kier alpha value is -1.56. The zero-order chi connectivity index (χ0) is 13.8. The summed E-state index contributed by atoms with van der Waals surface area (Å²) in [4.78, 5) is 4.20. The van der Waals surface area contributed by atoms with E-state index in [0.29, 0.717) is 11.6 Å². The predicted molar refractivity (Wildman–Crippen MR) is 71.6 cm³/mol. The first-order chi connectivity index (χ1) is 9.15. The Bertz CT molecular complexity index is 568. The highest BCUT2D eigenvalue weighted by atomic mass is 32.2. The van der Waals surface area contributed by atoms with Gasteiger partial charge in [0.1, 0.15) is 22.4 Å². The van der Waals surface area contributed by atoms with Crippen LogP contribution in [0.3, 0.4) is 0 Å². The zero-order valence-corrected chi connectivity index (χ0v) is 11.7. The summed E-state index contributed by atoms with van der Waals surface area (Å²) in [5.74, 6) is 0.424. The first-order valence-corrected chi connectivity index (χ1v) is 7.44. The lowest BCUT2D eigenvalue weighted by molar-refractivity contribution is 0.625. The maximum Gasteiger partial charge on any atom is 0.239 e. The molecule has 0 amide bonds. The molecule has 2 atom stereocenters. The number of hydrogen-bond donors (Lipinski definition) is 1. The molecule has 19 heavy (non-hydrogen) atoms. The minimum absolute atomic E-state index is 0.221. The molecule has 0 bridgehead atoms. The topological polar surface area (TPSA) is 58.6 Å². The normalized spacial score (nSPS) is 14.3. The van der Waals surface area contributed by atoms with E-state index in [0.717, 1.165) is 17.8 Å². The molecule has 0 aliphatic heterocycles. The van der Waals surface area contributed by atoms with Crippen LogP contribution in [0.5, 0.6) is 0 Å². The quantitative estimate of drug-likeness (QED) is 0.916. The Morgan fingerprint density at radius 2 is 2.00 bits per heavy atom. The van der Waals surface area contributed by atoms with E-state index < -0.39 is 10.8 Å². The van der Waals surface area contributed by atoms with E-state index in [4.69, 9.17) is 0 Å². The SMILES string of the molecule is CCc1nc([S@](=O)[C@@H](CC)c2ccc(F)cc2)n[nH]1. The van der Waals surface area contributed by atoms with Crippen molar-refractivity contribution >= 4 is 10.8 Å². The Balaban J connectivity index is 2.26. The van der Waals surface area contributed by atoms with E-state index in [2.05, 4.69) is 15.2 Å². The summed E-state index contributed by atoms with van der Waals surface area (Å²) in [6.45, 7) is 3.89. The maximum absolute atomic E-state index is 12.9. The summed E-state index contributed by atoms with van der Waals surface area (Å²) < 4.78 is 25.4. The van der Waals surface area contributed by atoms with Crippen LogP contribution in [0.1, 0.15) is 36.9 Å². The van der Waals surface area contributed by atoms with Crippen LogP contribution in [-0.4, -0.2) is 19.4 Å². The highest BCUT2D eigenvalue weighted by molar-refractivity contribution is 7.85. The van der Waals surface area contributed by atoms with E-state index in [1.54, 1.807) is 12.1 Å². The number of aromatic amines is 1. The first-order valence-electron chi connectivity index (χ1n) is 6.23. The molecule has 4 nitrogen and oxygen atoms in total. The third-order valence-electron chi connectivity index (χ3n) is 2.90. The monoisotopic (exact) mass is 281 g/mol. The number of H-pyrrole nitrogens is 1. The number of nitrogens with zero attached hydrogens (tertiary/aromatic N) is 2. The molecule has 1 N–H and O–H groups in total. The van der Waals surface area contributed by atoms with Gasteiger partial charge in [0, 0.05) is 6.42 Å². The number of aryl methyl sites for hydroxylation is 1. The molecule has 6 heteroatoms. The number of aromatic nitrogens is 3. The lowest BCUT2D eigenvalue weighted by Crippen LogP contribution is -2.08. The van der Waals surface area contributed by atoms with E-state index >= 15 is 0 Å². The lowest BCUT2D eigenvalue weighted by atomic mass is 10.1. The summed E-state index contributed by atoms with van der Waals surface area (Å²) in [7, 11) is -1.34. The fraction of sp³-hybridized carbons (Fsp3) is 0.385. The van der Waals surface area contributed by atoms with Crippen molar-refractivity contribution in [3.05, 3.63) is 41.5 Å². The molecule has 0 unspecified atom stereocenters. The third kappa shape index (κ3) is 3.07. The molecule has 0 spiro atoms. The molecular weight excluding hydrogens is 265 g/mol.